The lowest BCUT2D eigenvalue weighted by molar-refractivity contribution is 0.291. The second-order valence-corrected chi connectivity index (χ2v) is 5.48. The van der Waals surface area contributed by atoms with E-state index in [1.165, 1.54) is 45.2 Å². The summed E-state index contributed by atoms with van der Waals surface area (Å²) in [7, 11) is 2.23. The molecule has 0 aromatic carbocycles. The van der Waals surface area contributed by atoms with Gasteiger partial charge in [0.15, 0.2) is 0 Å². The van der Waals surface area contributed by atoms with E-state index in [1.54, 1.807) is 0 Å². The molecule has 0 aromatic rings. The molecule has 0 aliphatic heterocycles. The van der Waals surface area contributed by atoms with E-state index >= 15 is 0 Å². The Balaban J connectivity index is 3.37. The second kappa shape index (κ2) is 8.12. The standard InChI is InChI=1S/C13H30N2/c1-5-6-10-15(4)11-8-7-9-13(2,3)12-14/h5-12,14H2,1-4H3. The van der Waals surface area contributed by atoms with Gasteiger partial charge in [0.05, 0.1) is 0 Å². The molecule has 0 amide bonds. The maximum Gasteiger partial charge on any atom is -0.00218 e. The molecule has 0 aliphatic carbocycles. The Morgan fingerprint density at radius 1 is 1.07 bits per heavy atom. The minimum Gasteiger partial charge on any atom is -0.330 e. The first-order valence-electron chi connectivity index (χ1n) is 6.40. The van der Waals surface area contributed by atoms with E-state index in [2.05, 4.69) is 32.7 Å². The highest BCUT2D eigenvalue weighted by Crippen LogP contribution is 2.21. The summed E-state index contributed by atoms with van der Waals surface area (Å²) in [6, 6.07) is 0. The SMILES string of the molecule is CCCCN(C)CCCCC(C)(C)CN. The molecule has 15 heavy (non-hydrogen) atoms. The van der Waals surface area contributed by atoms with Gasteiger partial charge in [0.25, 0.3) is 0 Å². The Morgan fingerprint density at radius 3 is 2.20 bits per heavy atom. The number of hydrogen-bond acceptors (Lipinski definition) is 2. The lowest BCUT2D eigenvalue weighted by Crippen LogP contribution is -2.24. The van der Waals surface area contributed by atoms with E-state index < -0.39 is 0 Å². The summed E-state index contributed by atoms with van der Waals surface area (Å²) in [6.45, 7) is 10.1. The van der Waals surface area contributed by atoms with Crippen molar-refractivity contribution in [3.05, 3.63) is 0 Å². The van der Waals surface area contributed by atoms with Gasteiger partial charge < -0.3 is 10.6 Å². The molecule has 0 saturated carbocycles. The lowest BCUT2D eigenvalue weighted by atomic mass is 9.87. The van der Waals surface area contributed by atoms with E-state index in [-0.39, 0.29) is 0 Å². The average Bonchev–Trinajstić information content (AvgIpc) is 2.21. The fourth-order valence-corrected chi connectivity index (χ4v) is 1.63. The van der Waals surface area contributed by atoms with E-state index in [0.717, 1.165) is 6.54 Å². The van der Waals surface area contributed by atoms with Crippen LogP contribution in [0.4, 0.5) is 0 Å². The summed E-state index contributed by atoms with van der Waals surface area (Å²) in [5, 5.41) is 0. The van der Waals surface area contributed by atoms with Gasteiger partial charge in [-0.3, -0.25) is 0 Å². The van der Waals surface area contributed by atoms with Gasteiger partial charge in [0.1, 0.15) is 0 Å². The van der Waals surface area contributed by atoms with Crippen molar-refractivity contribution in [2.45, 2.75) is 52.9 Å². The molecule has 0 radical (unpaired) electrons. The molecule has 0 aromatic heterocycles. The maximum absolute atomic E-state index is 5.70. The Labute approximate surface area is 96.2 Å². The van der Waals surface area contributed by atoms with Crippen molar-refractivity contribution in [3.8, 4) is 0 Å². The zero-order valence-electron chi connectivity index (χ0n) is 11.2. The van der Waals surface area contributed by atoms with Crippen LogP contribution in [-0.4, -0.2) is 31.6 Å². The molecule has 2 nitrogen and oxygen atoms in total. The van der Waals surface area contributed by atoms with E-state index in [1.807, 2.05) is 0 Å². The third-order valence-corrected chi connectivity index (χ3v) is 3.09. The minimum atomic E-state index is 0.335. The summed E-state index contributed by atoms with van der Waals surface area (Å²) in [6.07, 6.45) is 6.49. The number of nitrogens with two attached hydrogens (primary N) is 1. The third-order valence-electron chi connectivity index (χ3n) is 3.09. The first-order chi connectivity index (χ1) is 7.02. The summed E-state index contributed by atoms with van der Waals surface area (Å²) in [5.74, 6) is 0. The van der Waals surface area contributed by atoms with Crippen LogP contribution < -0.4 is 5.73 Å². The van der Waals surface area contributed by atoms with Gasteiger partial charge in [-0.15, -0.1) is 0 Å². The number of rotatable bonds is 9. The summed E-state index contributed by atoms with van der Waals surface area (Å²) in [5.41, 5.74) is 6.04. The maximum atomic E-state index is 5.70. The zero-order valence-corrected chi connectivity index (χ0v) is 11.2. The van der Waals surface area contributed by atoms with Gasteiger partial charge in [-0.2, -0.15) is 0 Å². The van der Waals surface area contributed by atoms with Crippen molar-refractivity contribution >= 4 is 0 Å². The molecule has 0 heterocycles. The lowest BCUT2D eigenvalue weighted by Gasteiger charge is -2.23. The molecule has 92 valence electrons. The fourth-order valence-electron chi connectivity index (χ4n) is 1.63. The highest BCUT2D eigenvalue weighted by Gasteiger charge is 2.14. The molecule has 0 rings (SSSR count). The van der Waals surface area contributed by atoms with Crippen molar-refractivity contribution < 1.29 is 0 Å². The van der Waals surface area contributed by atoms with Gasteiger partial charge in [-0.25, -0.2) is 0 Å². The van der Waals surface area contributed by atoms with Gasteiger partial charge >= 0.3 is 0 Å². The van der Waals surface area contributed by atoms with Crippen LogP contribution in [0.15, 0.2) is 0 Å². The smallest absolute Gasteiger partial charge is 0.00218 e. The molecule has 0 fully saturated rings. The first-order valence-corrected chi connectivity index (χ1v) is 6.40. The molecule has 0 spiro atoms. The van der Waals surface area contributed by atoms with Crippen molar-refractivity contribution in [1.29, 1.82) is 0 Å². The largest absolute Gasteiger partial charge is 0.330 e. The monoisotopic (exact) mass is 214 g/mol. The Morgan fingerprint density at radius 2 is 1.67 bits per heavy atom. The average molecular weight is 214 g/mol. The Kier molecular flexibility index (Phi) is 8.07. The van der Waals surface area contributed by atoms with Crippen molar-refractivity contribution in [2.24, 2.45) is 11.1 Å². The molecular weight excluding hydrogens is 184 g/mol. The summed E-state index contributed by atoms with van der Waals surface area (Å²) >= 11 is 0. The van der Waals surface area contributed by atoms with Crippen LogP contribution >= 0.6 is 0 Å². The van der Waals surface area contributed by atoms with Gasteiger partial charge in [-0.1, -0.05) is 33.6 Å². The predicted octanol–water partition coefficient (Wildman–Crippen LogP) is 2.87. The zero-order chi connectivity index (χ0) is 11.7. The highest BCUT2D eigenvalue weighted by atomic mass is 15.1. The minimum absolute atomic E-state index is 0.335. The second-order valence-electron chi connectivity index (χ2n) is 5.48. The highest BCUT2D eigenvalue weighted by molar-refractivity contribution is 4.69. The van der Waals surface area contributed by atoms with Crippen molar-refractivity contribution in [3.63, 3.8) is 0 Å². The molecule has 0 atom stereocenters. The normalized spacial score (nSPS) is 12.4. The molecule has 2 heteroatoms. The first kappa shape index (κ1) is 14.9. The van der Waals surface area contributed by atoms with Crippen LogP contribution in [-0.2, 0) is 0 Å². The summed E-state index contributed by atoms with van der Waals surface area (Å²) < 4.78 is 0. The van der Waals surface area contributed by atoms with Crippen LogP contribution in [0.5, 0.6) is 0 Å². The van der Waals surface area contributed by atoms with E-state index in [9.17, 15) is 0 Å². The van der Waals surface area contributed by atoms with E-state index in [0.29, 0.717) is 5.41 Å². The van der Waals surface area contributed by atoms with Gasteiger partial charge in [-0.05, 0) is 51.4 Å². The van der Waals surface area contributed by atoms with E-state index in [4.69, 9.17) is 5.73 Å². The van der Waals surface area contributed by atoms with Crippen LogP contribution in [0.3, 0.4) is 0 Å². The number of nitrogens with zero attached hydrogens (tertiary/aromatic N) is 1. The predicted molar refractivity (Wildman–Crippen MR) is 69.1 cm³/mol. The molecule has 0 saturated heterocycles. The van der Waals surface area contributed by atoms with Crippen LogP contribution in [0.25, 0.3) is 0 Å². The number of hydrogen-bond donors (Lipinski definition) is 1. The molecule has 0 bridgehead atoms. The molecule has 0 unspecified atom stereocenters. The summed E-state index contributed by atoms with van der Waals surface area (Å²) in [4.78, 5) is 2.44. The quantitative estimate of drug-likeness (QED) is 0.598. The van der Waals surface area contributed by atoms with Gasteiger partial charge in [0.2, 0.25) is 0 Å². The Hall–Kier alpha value is -0.0800. The van der Waals surface area contributed by atoms with Crippen LogP contribution in [0.1, 0.15) is 52.9 Å². The van der Waals surface area contributed by atoms with Crippen LogP contribution in [0, 0.1) is 5.41 Å². The molecule has 0 aliphatic rings. The van der Waals surface area contributed by atoms with Crippen LogP contribution in [0.2, 0.25) is 0 Å². The van der Waals surface area contributed by atoms with Gasteiger partial charge in [0, 0.05) is 0 Å². The third kappa shape index (κ3) is 8.88. The fraction of sp³-hybridized carbons (Fsp3) is 1.00. The van der Waals surface area contributed by atoms with Crippen molar-refractivity contribution in [1.82, 2.24) is 4.90 Å². The topological polar surface area (TPSA) is 29.3 Å². The van der Waals surface area contributed by atoms with Crippen molar-refractivity contribution in [2.75, 3.05) is 26.7 Å². The number of unbranched alkanes of at least 4 members (excludes halogenated alkanes) is 2. The molecule has 2 N–H and O–H groups in total. The Bertz CT molecular complexity index is 143. The molecular formula is C13H30N2.